The lowest BCUT2D eigenvalue weighted by Crippen LogP contribution is -2.46. The van der Waals surface area contributed by atoms with Gasteiger partial charge in [0, 0.05) is 0 Å². The Labute approximate surface area is 235 Å². The van der Waals surface area contributed by atoms with E-state index in [9.17, 15) is 5.11 Å². The highest BCUT2D eigenvalue weighted by molar-refractivity contribution is 5.21. The van der Waals surface area contributed by atoms with E-state index in [1.165, 1.54) is 0 Å². The fourth-order valence-electron chi connectivity index (χ4n) is 4.42. The minimum atomic E-state index is -0.900. The lowest BCUT2D eigenvalue weighted by atomic mass is 10.1. The summed E-state index contributed by atoms with van der Waals surface area (Å²) in [5.41, 5.74) is 3.97. The van der Waals surface area contributed by atoms with Crippen molar-refractivity contribution >= 4 is 0 Å². The standard InChI is InChI=1S/C34H34O6/c35-21-30-31(36-22-26-13-5-1-6-14-26)32(37-23-27-15-7-2-8-16-27)33(38-24-28-17-9-3-10-18-28)34(40-30)39-25-29-19-11-4-12-20-29/h1-20,30-31,34-35H,21-25H2/t30?,31-,34-/m1/s1. The van der Waals surface area contributed by atoms with Gasteiger partial charge in [-0.15, -0.1) is 0 Å². The van der Waals surface area contributed by atoms with Gasteiger partial charge >= 0.3 is 0 Å². The molecule has 5 rings (SSSR count). The predicted octanol–water partition coefficient (Wildman–Crippen LogP) is 6.15. The van der Waals surface area contributed by atoms with Crippen LogP contribution in [0.5, 0.6) is 0 Å². The van der Waals surface area contributed by atoms with Crippen molar-refractivity contribution in [1.29, 1.82) is 0 Å². The number of aliphatic hydroxyl groups excluding tert-OH is 1. The van der Waals surface area contributed by atoms with Gasteiger partial charge in [0.2, 0.25) is 6.29 Å². The first kappa shape index (κ1) is 27.6. The van der Waals surface area contributed by atoms with E-state index in [-0.39, 0.29) is 13.2 Å². The number of benzene rings is 4. The van der Waals surface area contributed by atoms with Crippen LogP contribution in [0.25, 0.3) is 0 Å². The Bertz CT molecular complexity index is 1310. The summed E-state index contributed by atoms with van der Waals surface area (Å²) in [7, 11) is 0. The van der Waals surface area contributed by atoms with Crippen LogP contribution in [0.4, 0.5) is 0 Å². The molecule has 0 saturated carbocycles. The van der Waals surface area contributed by atoms with E-state index >= 15 is 0 Å². The highest BCUT2D eigenvalue weighted by Crippen LogP contribution is 2.33. The molecule has 4 aromatic carbocycles. The molecule has 206 valence electrons. The monoisotopic (exact) mass is 538 g/mol. The number of aliphatic hydroxyl groups is 1. The SMILES string of the molecule is OCC1O[C@@H](OCc2ccccc2)C(OCc2ccccc2)=C(OCc2ccccc2)[C@@H]1OCc1ccccc1. The Kier molecular flexibility index (Phi) is 9.98. The Balaban J connectivity index is 1.47. The Morgan fingerprint density at radius 3 is 1.35 bits per heavy atom. The molecule has 40 heavy (non-hydrogen) atoms. The lowest BCUT2D eigenvalue weighted by molar-refractivity contribution is -0.231. The minimum Gasteiger partial charge on any atom is -0.487 e. The summed E-state index contributed by atoms with van der Waals surface area (Å²) in [6, 6.07) is 39.5. The highest BCUT2D eigenvalue weighted by atomic mass is 16.7. The van der Waals surface area contributed by atoms with Gasteiger partial charge < -0.3 is 28.8 Å². The molecule has 1 aliphatic rings. The molecule has 4 aromatic rings. The molecule has 3 atom stereocenters. The van der Waals surface area contributed by atoms with Crippen molar-refractivity contribution in [3.63, 3.8) is 0 Å². The quantitative estimate of drug-likeness (QED) is 0.220. The van der Waals surface area contributed by atoms with Crippen LogP contribution in [0.1, 0.15) is 22.3 Å². The molecule has 0 amide bonds. The zero-order valence-corrected chi connectivity index (χ0v) is 22.3. The van der Waals surface area contributed by atoms with Crippen molar-refractivity contribution in [2.75, 3.05) is 6.61 Å². The maximum atomic E-state index is 10.4. The summed E-state index contributed by atoms with van der Waals surface area (Å²) in [5, 5.41) is 10.4. The van der Waals surface area contributed by atoms with Crippen LogP contribution < -0.4 is 0 Å². The van der Waals surface area contributed by atoms with E-state index in [0.717, 1.165) is 22.3 Å². The van der Waals surface area contributed by atoms with E-state index < -0.39 is 18.5 Å². The van der Waals surface area contributed by atoms with Crippen LogP contribution in [0, 0.1) is 0 Å². The van der Waals surface area contributed by atoms with Crippen LogP contribution in [0.3, 0.4) is 0 Å². The van der Waals surface area contributed by atoms with E-state index in [1.807, 2.05) is 121 Å². The van der Waals surface area contributed by atoms with Crippen LogP contribution in [0.2, 0.25) is 0 Å². The Morgan fingerprint density at radius 2 is 0.900 bits per heavy atom. The van der Waals surface area contributed by atoms with Crippen LogP contribution in [-0.4, -0.2) is 30.2 Å². The van der Waals surface area contributed by atoms with Crippen molar-refractivity contribution in [1.82, 2.24) is 0 Å². The normalized spacial score (nSPS) is 18.9. The Hall–Kier alpha value is -3.94. The molecule has 0 bridgehead atoms. The van der Waals surface area contributed by atoms with Crippen molar-refractivity contribution in [2.45, 2.75) is 44.9 Å². The van der Waals surface area contributed by atoms with Crippen LogP contribution >= 0.6 is 0 Å². The molecule has 1 aliphatic heterocycles. The molecule has 1 heterocycles. The van der Waals surface area contributed by atoms with E-state index in [0.29, 0.717) is 31.3 Å². The number of hydrogen-bond donors (Lipinski definition) is 1. The first-order valence-electron chi connectivity index (χ1n) is 13.4. The van der Waals surface area contributed by atoms with E-state index in [4.69, 9.17) is 23.7 Å². The Morgan fingerprint density at radius 1 is 0.500 bits per heavy atom. The third-order valence-electron chi connectivity index (χ3n) is 6.52. The van der Waals surface area contributed by atoms with Crippen molar-refractivity contribution in [2.24, 2.45) is 0 Å². The van der Waals surface area contributed by atoms with Crippen molar-refractivity contribution in [3.05, 3.63) is 155 Å². The second kappa shape index (κ2) is 14.4. The van der Waals surface area contributed by atoms with Gasteiger partial charge in [-0.3, -0.25) is 0 Å². The summed E-state index contributed by atoms with van der Waals surface area (Å²) < 4.78 is 31.7. The summed E-state index contributed by atoms with van der Waals surface area (Å²) in [4.78, 5) is 0. The molecule has 6 nitrogen and oxygen atoms in total. The summed E-state index contributed by atoms with van der Waals surface area (Å²) in [5.74, 6) is 0.859. The smallest absolute Gasteiger partial charge is 0.221 e. The van der Waals surface area contributed by atoms with Gasteiger partial charge in [-0.05, 0) is 22.3 Å². The van der Waals surface area contributed by atoms with Crippen molar-refractivity contribution < 1.29 is 28.8 Å². The molecule has 1 unspecified atom stereocenters. The predicted molar refractivity (Wildman–Crippen MR) is 151 cm³/mol. The minimum absolute atomic E-state index is 0.283. The maximum Gasteiger partial charge on any atom is 0.221 e. The first-order chi connectivity index (χ1) is 19.8. The van der Waals surface area contributed by atoms with Gasteiger partial charge in [-0.1, -0.05) is 121 Å². The third kappa shape index (κ3) is 7.58. The number of ether oxygens (including phenoxy) is 5. The second-order valence-corrected chi connectivity index (χ2v) is 9.48. The molecule has 1 N–H and O–H groups in total. The number of rotatable bonds is 13. The van der Waals surface area contributed by atoms with Gasteiger partial charge in [0.1, 0.15) is 25.4 Å². The largest absolute Gasteiger partial charge is 0.487 e. The molecular formula is C34H34O6. The van der Waals surface area contributed by atoms with Crippen LogP contribution in [0.15, 0.2) is 133 Å². The summed E-state index contributed by atoms with van der Waals surface area (Å²) in [6.45, 7) is 0.907. The topological polar surface area (TPSA) is 66.4 Å². The molecule has 0 fully saturated rings. The average molecular weight is 539 g/mol. The zero-order valence-electron chi connectivity index (χ0n) is 22.3. The van der Waals surface area contributed by atoms with Gasteiger partial charge in [0.25, 0.3) is 0 Å². The fourth-order valence-corrected chi connectivity index (χ4v) is 4.42. The van der Waals surface area contributed by atoms with E-state index in [1.54, 1.807) is 0 Å². The molecule has 6 heteroatoms. The highest BCUT2D eigenvalue weighted by Gasteiger charge is 2.42. The molecule has 0 radical (unpaired) electrons. The van der Waals surface area contributed by atoms with Gasteiger partial charge in [0.15, 0.2) is 11.5 Å². The lowest BCUT2D eigenvalue weighted by Gasteiger charge is -2.38. The van der Waals surface area contributed by atoms with Crippen molar-refractivity contribution in [3.8, 4) is 0 Å². The van der Waals surface area contributed by atoms with Gasteiger partial charge in [-0.2, -0.15) is 0 Å². The molecular weight excluding hydrogens is 504 g/mol. The zero-order chi connectivity index (χ0) is 27.4. The molecule has 0 spiro atoms. The number of hydrogen-bond acceptors (Lipinski definition) is 6. The van der Waals surface area contributed by atoms with Gasteiger partial charge in [0.05, 0.1) is 19.8 Å². The molecule has 0 saturated heterocycles. The molecule has 0 aromatic heterocycles. The maximum absolute atomic E-state index is 10.4. The summed E-state index contributed by atoms with van der Waals surface area (Å²) >= 11 is 0. The summed E-state index contributed by atoms with van der Waals surface area (Å²) in [6.07, 6.45) is -2.33. The van der Waals surface area contributed by atoms with E-state index in [2.05, 4.69) is 0 Å². The average Bonchev–Trinajstić information content (AvgIpc) is 3.03. The first-order valence-corrected chi connectivity index (χ1v) is 13.4. The second-order valence-electron chi connectivity index (χ2n) is 9.48. The van der Waals surface area contributed by atoms with Crippen LogP contribution in [-0.2, 0) is 50.1 Å². The fraction of sp³-hybridized carbons (Fsp3) is 0.235. The molecule has 0 aliphatic carbocycles. The third-order valence-corrected chi connectivity index (χ3v) is 6.52. The van der Waals surface area contributed by atoms with Gasteiger partial charge in [-0.25, -0.2) is 0 Å².